The van der Waals surface area contributed by atoms with E-state index in [0.717, 1.165) is 6.42 Å². The van der Waals surface area contributed by atoms with Crippen molar-refractivity contribution in [2.24, 2.45) is 0 Å². The quantitative estimate of drug-likeness (QED) is 0.817. The maximum atomic E-state index is 13.0. The molecule has 0 aromatic heterocycles. The molecule has 0 bridgehead atoms. The van der Waals surface area contributed by atoms with Gasteiger partial charge in [-0.15, -0.1) is 0 Å². The highest BCUT2D eigenvalue weighted by atomic mass is 35.5. The summed E-state index contributed by atoms with van der Waals surface area (Å²) < 4.78 is 24.1. The van der Waals surface area contributed by atoms with Gasteiger partial charge in [0.05, 0.1) is 11.6 Å². The predicted octanol–water partition coefficient (Wildman–Crippen LogP) is 4.64. The number of hydrogen-bond acceptors (Lipinski definition) is 3. The lowest BCUT2D eigenvalue weighted by atomic mass is 10.2. The lowest BCUT2D eigenvalue weighted by molar-refractivity contribution is 0.316. The molecule has 0 fully saturated rings. The first-order valence-corrected chi connectivity index (χ1v) is 6.62. The fourth-order valence-electron chi connectivity index (χ4n) is 1.64. The van der Waals surface area contributed by atoms with Crippen LogP contribution in [0.1, 0.15) is 13.3 Å². The third-order valence-electron chi connectivity index (χ3n) is 2.50. The van der Waals surface area contributed by atoms with Crippen LogP contribution in [0.3, 0.4) is 0 Å². The van der Waals surface area contributed by atoms with Gasteiger partial charge in [0.2, 0.25) is 0 Å². The number of nitrogens with two attached hydrogens (primary N) is 1. The zero-order chi connectivity index (χ0) is 14.5. The van der Waals surface area contributed by atoms with Crippen LogP contribution in [-0.2, 0) is 0 Å². The van der Waals surface area contributed by atoms with Crippen molar-refractivity contribution in [3.8, 4) is 17.2 Å². The van der Waals surface area contributed by atoms with E-state index < -0.39 is 5.82 Å². The highest BCUT2D eigenvalue weighted by Gasteiger charge is 2.07. The molecule has 0 saturated carbocycles. The summed E-state index contributed by atoms with van der Waals surface area (Å²) in [5.74, 6) is 1.06. The van der Waals surface area contributed by atoms with Crippen LogP contribution < -0.4 is 15.2 Å². The molecule has 2 aromatic carbocycles. The Morgan fingerprint density at radius 1 is 1.15 bits per heavy atom. The minimum absolute atomic E-state index is 0.198. The molecule has 0 aliphatic carbocycles. The molecule has 0 spiro atoms. The molecule has 0 radical (unpaired) electrons. The first-order valence-electron chi connectivity index (χ1n) is 6.24. The smallest absolute Gasteiger partial charge is 0.146 e. The Morgan fingerprint density at radius 2 is 1.90 bits per heavy atom. The molecule has 0 atom stereocenters. The van der Waals surface area contributed by atoms with Gasteiger partial charge < -0.3 is 15.2 Å². The first kappa shape index (κ1) is 14.5. The van der Waals surface area contributed by atoms with Gasteiger partial charge in [0.25, 0.3) is 0 Å². The zero-order valence-electron chi connectivity index (χ0n) is 11.0. The second kappa shape index (κ2) is 6.48. The normalized spacial score (nSPS) is 10.3. The number of anilines is 1. The Morgan fingerprint density at radius 3 is 2.60 bits per heavy atom. The summed E-state index contributed by atoms with van der Waals surface area (Å²) in [6, 6.07) is 9.02. The van der Waals surface area contributed by atoms with Crippen LogP contribution in [0.15, 0.2) is 36.4 Å². The summed E-state index contributed by atoms with van der Waals surface area (Å²) >= 11 is 5.92. The van der Waals surface area contributed by atoms with E-state index in [1.807, 2.05) is 6.92 Å². The van der Waals surface area contributed by atoms with Gasteiger partial charge in [-0.25, -0.2) is 4.39 Å². The van der Waals surface area contributed by atoms with E-state index in [-0.39, 0.29) is 5.02 Å². The number of halogens is 2. The molecule has 20 heavy (non-hydrogen) atoms. The summed E-state index contributed by atoms with van der Waals surface area (Å²) in [5, 5.41) is 0.198. The third-order valence-corrected chi connectivity index (χ3v) is 2.79. The Bertz CT molecular complexity index is 604. The van der Waals surface area contributed by atoms with E-state index in [0.29, 0.717) is 29.5 Å². The molecule has 2 rings (SSSR count). The number of benzene rings is 2. The van der Waals surface area contributed by atoms with Crippen LogP contribution in [0.2, 0.25) is 5.02 Å². The van der Waals surface area contributed by atoms with E-state index in [1.165, 1.54) is 18.2 Å². The maximum Gasteiger partial charge on any atom is 0.146 e. The molecule has 0 aliphatic heterocycles. The lowest BCUT2D eigenvalue weighted by Gasteiger charge is -2.11. The molecule has 3 nitrogen and oxygen atoms in total. The third kappa shape index (κ3) is 3.78. The van der Waals surface area contributed by atoms with Gasteiger partial charge in [0, 0.05) is 23.9 Å². The molecule has 0 heterocycles. The predicted molar refractivity (Wildman–Crippen MR) is 78.1 cm³/mol. The van der Waals surface area contributed by atoms with E-state index in [4.69, 9.17) is 26.8 Å². The highest BCUT2D eigenvalue weighted by molar-refractivity contribution is 6.32. The average Bonchev–Trinajstić information content (AvgIpc) is 2.39. The van der Waals surface area contributed by atoms with E-state index in [9.17, 15) is 4.39 Å². The van der Waals surface area contributed by atoms with Crippen LogP contribution >= 0.6 is 11.6 Å². The second-order valence-corrected chi connectivity index (χ2v) is 4.67. The lowest BCUT2D eigenvalue weighted by Crippen LogP contribution is -1.97. The van der Waals surface area contributed by atoms with Gasteiger partial charge in [-0.1, -0.05) is 18.5 Å². The molecule has 5 heteroatoms. The fraction of sp³-hybridized carbons (Fsp3) is 0.200. The molecule has 106 valence electrons. The Hall–Kier alpha value is -1.94. The van der Waals surface area contributed by atoms with Crippen molar-refractivity contribution in [3.63, 3.8) is 0 Å². The minimum atomic E-state index is -0.415. The first-order chi connectivity index (χ1) is 9.58. The number of rotatable bonds is 5. The number of ether oxygens (including phenoxy) is 2. The summed E-state index contributed by atoms with van der Waals surface area (Å²) in [5.41, 5.74) is 6.31. The molecule has 0 unspecified atom stereocenters. The van der Waals surface area contributed by atoms with Crippen molar-refractivity contribution in [1.29, 1.82) is 0 Å². The molecule has 2 N–H and O–H groups in total. The average molecular weight is 296 g/mol. The van der Waals surface area contributed by atoms with Gasteiger partial charge in [0.1, 0.15) is 23.1 Å². The Labute approximate surface area is 122 Å². The molecule has 0 aliphatic rings. The summed E-state index contributed by atoms with van der Waals surface area (Å²) in [7, 11) is 0. The van der Waals surface area contributed by atoms with E-state index >= 15 is 0 Å². The van der Waals surface area contributed by atoms with Crippen molar-refractivity contribution in [1.82, 2.24) is 0 Å². The van der Waals surface area contributed by atoms with Gasteiger partial charge in [-0.2, -0.15) is 0 Å². The van der Waals surface area contributed by atoms with Crippen molar-refractivity contribution >= 4 is 17.3 Å². The molecular weight excluding hydrogens is 281 g/mol. The molecule has 0 amide bonds. The Balaban J connectivity index is 2.21. The van der Waals surface area contributed by atoms with Crippen LogP contribution in [-0.4, -0.2) is 6.61 Å². The summed E-state index contributed by atoms with van der Waals surface area (Å²) in [4.78, 5) is 0. The SMILES string of the molecule is CCCOc1cc(N)cc(Oc2ccc(F)cc2Cl)c1. The van der Waals surface area contributed by atoms with Crippen LogP contribution in [0.5, 0.6) is 17.2 Å². The van der Waals surface area contributed by atoms with Crippen molar-refractivity contribution in [2.75, 3.05) is 12.3 Å². The zero-order valence-corrected chi connectivity index (χ0v) is 11.8. The standard InChI is InChI=1S/C15H15ClFNO2/c1-2-5-19-12-7-11(18)8-13(9-12)20-15-4-3-10(17)6-14(15)16/h3-4,6-9H,2,5,18H2,1H3. The van der Waals surface area contributed by atoms with Gasteiger partial charge >= 0.3 is 0 Å². The second-order valence-electron chi connectivity index (χ2n) is 4.26. The number of nitrogen functional groups attached to an aromatic ring is 1. The Kier molecular flexibility index (Phi) is 4.69. The highest BCUT2D eigenvalue weighted by Crippen LogP contribution is 2.33. The number of hydrogen-bond donors (Lipinski definition) is 1. The van der Waals surface area contributed by atoms with E-state index in [1.54, 1.807) is 18.2 Å². The van der Waals surface area contributed by atoms with Gasteiger partial charge in [-0.3, -0.25) is 0 Å². The topological polar surface area (TPSA) is 44.5 Å². The van der Waals surface area contributed by atoms with Crippen molar-refractivity contribution < 1.29 is 13.9 Å². The van der Waals surface area contributed by atoms with Crippen LogP contribution in [0.25, 0.3) is 0 Å². The summed E-state index contributed by atoms with van der Waals surface area (Å²) in [6.07, 6.45) is 0.898. The molecular formula is C15H15ClFNO2. The van der Waals surface area contributed by atoms with Gasteiger partial charge in [0.15, 0.2) is 0 Å². The van der Waals surface area contributed by atoms with Gasteiger partial charge in [-0.05, 0) is 24.6 Å². The van der Waals surface area contributed by atoms with Crippen molar-refractivity contribution in [2.45, 2.75) is 13.3 Å². The molecule has 0 saturated heterocycles. The largest absolute Gasteiger partial charge is 0.493 e. The minimum Gasteiger partial charge on any atom is -0.493 e. The van der Waals surface area contributed by atoms with Crippen LogP contribution in [0, 0.1) is 5.82 Å². The summed E-state index contributed by atoms with van der Waals surface area (Å²) in [6.45, 7) is 2.61. The fourth-order valence-corrected chi connectivity index (χ4v) is 1.85. The maximum absolute atomic E-state index is 13.0. The van der Waals surface area contributed by atoms with E-state index in [2.05, 4.69) is 0 Å². The monoisotopic (exact) mass is 295 g/mol. The molecule has 2 aromatic rings. The van der Waals surface area contributed by atoms with Crippen LogP contribution in [0.4, 0.5) is 10.1 Å². The van der Waals surface area contributed by atoms with Crippen molar-refractivity contribution in [3.05, 3.63) is 47.2 Å².